The SMILES string of the molecule is N[C@H]1C[C@H](Oc2cccc(CI)c2)C1. The Balaban J connectivity index is 1.95. The molecule has 0 amide bonds. The van der Waals surface area contributed by atoms with Gasteiger partial charge in [0.15, 0.2) is 0 Å². The van der Waals surface area contributed by atoms with Crippen molar-refractivity contribution in [2.75, 3.05) is 0 Å². The number of rotatable bonds is 3. The lowest BCUT2D eigenvalue weighted by Crippen LogP contribution is -2.43. The van der Waals surface area contributed by atoms with Crippen LogP contribution in [0, 0.1) is 0 Å². The highest BCUT2D eigenvalue weighted by atomic mass is 127. The first-order valence-electron chi connectivity index (χ1n) is 4.85. The van der Waals surface area contributed by atoms with E-state index in [1.807, 2.05) is 12.1 Å². The molecule has 2 N–H and O–H groups in total. The van der Waals surface area contributed by atoms with Gasteiger partial charge in [-0.15, -0.1) is 0 Å². The van der Waals surface area contributed by atoms with Crippen molar-refractivity contribution in [3.8, 4) is 5.75 Å². The van der Waals surface area contributed by atoms with Crippen molar-refractivity contribution in [3.63, 3.8) is 0 Å². The number of alkyl halides is 1. The van der Waals surface area contributed by atoms with E-state index in [2.05, 4.69) is 34.7 Å². The summed E-state index contributed by atoms with van der Waals surface area (Å²) >= 11 is 2.35. The van der Waals surface area contributed by atoms with Crippen LogP contribution < -0.4 is 10.5 Å². The molecule has 0 unspecified atom stereocenters. The zero-order valence-corrected chi connectivity index (χ0v) is 10.1. The topological polar surface area (TPSA) is 35.2 Å². The monoisotopic (exact) mass is 303 g/mol. The Hall–Kier alpha value is -0.290. The molecule has 0 saturated heterocycles. The van der Waals surface area contributed by atoms with Crippen molar-refractivity contribution in [1.82, 2.24) is 0 Å². The second kappa shape index (κ2) is 4.49. The summed E-state index contributed by atoms with van der Waals surface area (Å²) in [5, 5.41) is 0. The van der Waals surface area contributed by atoms with Crippen LogP contribution in [0.15, 0.2) is 24.3 Å². The zero-order valence-electron chi connectivity index (χ0n) is 7.95. The van der Waals surface area contributed by atoms with Crippen molar-refractivity contribution in [2.45, 2.75) is 29.4 Å². The third-order valence-corrected chi connectivity index (χ3v) is 3.37. The fourth-order valence-corrected chi connectivity index (χ4v) is 2.07. The van der Waals surface area contributed by atoms with Crippen LogP contribution in [0.25, 0.3) is 0 Å². The highest BCUT2D eigenvalue weighted by Gasteiger charge is 2.27. The Morgan fingerprint density at radius 2 is 2.21 bits per heavy atom. The highest BCUT2D eigenvalue weighted by molar-refractivity contribution is 14.1. The summed E-state index contributed by atoms with van der Waals surface area (Å²) in [6.45, 7) is 0. The Kier molecular flexibility index (Phi) is 3.28. The van der Waals surface area contributed by atoms with Crippen LogP contribution >= 0.6 is 22.6 Å². The molecule has 1 fully saturated rings. The van der Waals surface area contributed by atoms with Crippen LogP contribution in [-0.4, -0.2) is 12.1 Å². The van der Waals surface area contributed by atoms with Gasteiger partial charge < -0.3 is 10.5 Å². The number of hydrogen-bond donors (Lipinski definition) is 1. The molecule has 1 aromatic rings. The predicted molar refractivity (Wildman–Crippen MR) is 65.8 cm³/mol. The van der Waals surface area contributed by atoms with E-state index in [0.717, 1.165) is 23.0 Å². The molecule has 2 rings (SSSR count). The van der Waals surface area contributed by atoms with Crippen LogP contribution in [0.4, 0.5) is 0 Å². The Morgan fingerprint density at radius 3 is 2.86 bits per heavy atom. The van der Waals surface area contributed by atoms with E-state index in [1.54, 1.807) is 0 Å². The molecule has 0 atom stereocenters. The summed E-state index contributed by atoms with van der Waals surface area (Å²) in [4.78, 5) is 0. The maximum absolute atomic E-state index is 5.78. The third-order valence-electron chi connectivity index (χ3n) is 2.49. The summed E-state index contributed by atoms with van der Waals surface area (Å²) in [6, 6.07) is 8.64. The molecule has 0 aliphatic heterocycles. The molecule has 14 heavy (non-hydrogen) atoms. The molecule has 1 aliphatic carbocycles. The first-order chi connectivity index (χ1) is 6.78. The van der Waals surface area contributed by atoms with Gasteiger partial charge in [0, 0.05) is 10.5 Å². The minimum Gasteiger partial charge on any atom is -0.490 e. The Labute approximate surface area is 98.0 Å². The maximum Gasteiger partial charge on any atom is 0.120 e. The fourth-order valence-electron chi connectivity index (χ4n) is 1.60. The first-order valence-corrected chi connectivity index (χ1v) is 6.37. The molecule has 0 aromatic heterocycles. The second-order valence-corrected chi connectivity index (χ2v) is 4.52. The summed E-state index contributed by atoms with van der Waals surface area (Å²) in [5.41, 5.74) is 7.01. The molecule has 76 valence electrons. The Bertz CT molecular complexity index is 310. The summed E-state index contributed by atoms with van der Waals surface area (Å²) in [5.74, 6) is 0.982. The Morgan fingerprint density at radius 1 is 1.43 bits per heavy atom. The summed E-state index contributed by atoms with van der Waals surface area (Å²) in [7, 11) is 0. The molecule has 0 radical (unpaired) electrons. The lowest BCUT2D eigenvalue weighted by atomic mass is 9.90. The van der Waals surface area contributed by atoms with E-state index in [9.17, 15) is 0 Å². The smallest absolute Gasteiger partial charge is 0.120 e. The van der Waals surface area contributed by atoms with Crippen LogP contribution in [0.5, 0.6) is 5.75 Å². The van der Waals surface area contributed by atoms with Crippen LogP contribution in [0.3, 0.4) is 0 Å². The number of halogens is 1. The van der Waals surface area contributed by atoms with Crippen molar-refractivity contribution < 1.29 is 4.74 Å². The van der Waals surface area contributed by atoms with Gasteiger partial charge in [0.2, 0.25) is 0 Å². The molecule has 3 heteroatoms. The van der Waals surface area contributed by atoms with Crippen LogP contribution in [0.2, 0.25) is 0 Å². The molecule has 1 saturated carbocycles. The second-order valence-electron chi connectivity index (χ2n) is 3.75. The van der Waals surface area contributed by atoms with E-state index < -0.39 is 0 Å². The van der Waals surface area contributed by atoms with Gasteiger partial charge in [-0.25, -0.2) is 0 Å². The zero-order chi connectivity index (χ0) is 9.97. The molecule has 0 bridgehead atoms. The van der Waals surface area contributed by atoms with Gasteiger partial charge in [-0.2, -0.15) is 0 Å². The number of hydrogen-bond acceptors (Lipinski definition) is 2. The quantitative estimate of drug-likeness (QED) is 0.688. The molecular formula is C11H14INO. The van der Waals surface area contributed by atoms with Crippen LogP contribution in [0.1, 0.15) is 18.4 Å². The standard InChI is InChI=1S/C11H14INO/c12-7-8-2-1-3-10(4-8)14-11-5-9(13)6-11/h1-4,9,11H,5-7,13H2/t9-,11-. The number of ether oxygens (including phenoxy) is 1. The minimum absolute atomic E-state index is 0.342. The molecule has 1 aliphatic rings. The molecular weight excluding hydrogens is 289 g/mol. The lowest BCUT2D eigenvalue weighted by molar-refractivity contribution is 0.101. The highest BCUT2D eigenvalue weighted by Crippen LogP contribution is 2.25. The minimum atomic E-state index is 0.342. The lowest BCUT2D eigenvalue weighted by Gasteiger charge is -2.32. The van der Waals surface area contributed by atoms with E-state index >= 15 is 0 Å². The van der Waals surface area contributed by atoms with Crippen molar-refractivity contribution in [1.29, 1.82) is 0 Å². The van der Waals surface area contributed by atoms with E-state index in [4.69, 9.17) is 10.5 Å². The average Bonchev–Trinajstić information content (AvgIpc) is 2.16. The van der Waals surface area contributed by atoms with Gasteiger partial charge in [-0.05, 0) is 30.5 Å². The molecule has 0 spiro atoms. The summed E-state index contributed by atoms with van der Waals surface area (Å²) in [6.07, 6.45) is 2.33. The molecule has 2 nitrogen and oxygen atoms in total. The van der Waals surface area contributed by atoms with E-state index in [1.165, 1.54) is 5.56 Å². The van der Waals surface area contributed by atoms with Gasteiger partial charge in [0.05, 0.1) is 0 Å². The normalized spacial score (nSPS) is 25.6. The third kappa shape index (κ3) is 2.39. The molecule has 0 heterocycles. The van der Waals surface area contributed by atoms with Crippen molar-refractivity contribution >= 4 is 22.6 Å². The van der Waals surface area contributed by atoms with E-state index in [-0.39, 0.29) is 0 Å². The van der Waals surface area contributed by atoms with Crippen molar-refractivity contribution in [2.24, 2.45) is 5.73 Å². The van der Waals surface area contributed by atoms with Gasteiger partial charge >= 0.3 is 0 Å². The largest absolute Gasteiger partial charge is 0.490 e. The van der Waals surface area contributed by atoms with Crippen LogP contribution in [-0.2, 0) is 4.43 Å². The number of nitrogens with two attached hydrogens (primary N) is 1. The predicted octanol–water partition coefficient (Wildman–Crippen LogP) is 2.49. The average molecular weight is 303 g/mol. The van der Waals surface area contributed by atoms with E-state index in [0.29, 0.717) is 12.1 Å². The van der Waals surface area contributed by atoms with Gasteiger partial charge in [-0.3, -0.25) is 0 Å². The van der Waals surface area contributed by atoms with Gasteiger partial charge in [0.25, 0.3) is 0 Å². The fraction of sp³-hybridized carbons (Fsp3) is 0.455. The molecule has 1 aromatic carbocycles. The van der Waals surface area contributed by atoms with Gasteiger partial charge in [-0.1, -0.05) is 34.7 Å². The maximum atomic E-state index is 5.78. The van der Waals surface area contributed by atoms with Gasteiger partial charge in [0.1, 0.15) is 11.9 Å². The first kappa shape index (κ1) is 10.2. The summed E-state index contributed by atoms with van der Waals surface area (Å²) < 4.78 is 6.81. The van der Waals surface area contributed by atoms with Crippen molar-refractivity contribution in [3.05, 3.63) is 29.8 Å². The number of benzene rings is 1.